The van der Waals surface area contributed by atoms with Gasteiger partial charge in [-0.05, 0) is 105 Å². The second kappa shape index (κ2) is 18.9. The number of carbonyl (C=O) groups excluding carboxylic acids is 5. The summed E-state index contributed by atoms with van der Waals surface area (Å²) in [7, 11) is 0. The molecule has 2 N–H and O–H groups in total. The predicted molar refractivity (Wildman–Crippen MR) is 255 cm³/mol. The van der Waals surface area contributed by atoms with Gasteiger partial charge in [0, 0.05) is 99.2 Å². The Hall–Kier alpha value is -5.82. The van der Waals surface area contributed by atoms with Crippen molar-refractivity contribution in [3.05, 3.63) is 88.0 Å². The summed E-state index contributed by atoms with van der Waals surface area (Å²) in [5, 5.41) is 15.1. The minimum atomic E-state index is -1.01. The maximum Gasteiger partial charge on any atom is 0.262 e. The number of hydrogen-bond donors (Lipinski definition) is 2. The van der Waals surface area contributed by atoms with Crippen molar-refractivity contribution in [1.29, 1.82) is 5.26 Å². The van der Waals surface area contributed by atoms with Crippen LogP contribution in [0.1, 0.15) is 114 Å². The zero-order valence-electron chi connectivity index (χ0n) is 40.3. The molecule has 2 saturated carbocycles. The number of aryl methyl sites for hydroxylation is 2. The smallest absolute Gasteiger partial charge is 0.262 e. The fraction of sp³-hybridized carbons (Fsp3) is 0.547. The molecule has 360 valence electrons. The minimum absolute atomic E-state index is 0.0271. The molecule has 5 fully saturated rings. The van der Waals surface area contributed by atoms with Gasteiger partial charge in [-0.2, -0.15) is 5.26 Å². The zero-order chi connectivity index (χ0) is 48.1. The number of benzene rings is 3. The molecule has 15 nitrogen and oxygen atoms in total. The average molecular weight is 928 g/mol. The van der Waals surface area contributed by atoms with Crippen LogP contribution in [0.25, 0.3) is 0 Å². The fourth-order valence-corrected chi connectivity index (χ4v) is 12.0. The highest BCUT2D eigenvalue weighted by atomic mass is 16.5. The van der Waals surface area contributed by atoms with Crippen molar-refractivity contribution in [2.45, 2.75) is 110 Å². The molecule has 3 aromatic carbocycles. The third-order valence-electron chi connectivity index (χ3n) is 15.7. The molecule has 1 unspecified atom stereocenters. The zero-order valence-corrected chi connectivity index (χ0v) is 40.3. The number of carbonyl (C=O) groups is 5. The SMILES string of the molecule is Cc1cc(OC2C(C)(C)C(NC(=O)c3ccc(N4CCC(CN(CCN5CCOCC5)C5CC(Oc6ccc7c(c6)C(=O)N(C6CCC(=O)NC6=O)C7=O)C5)CC4)cc3)C2(C)C)cc(C)c1C#N. The molecule has 6 aliphatic rings. The number of nitrogens with one attached hydrogen (secondary N) is 2. The molecular weight excluding hydrogens is 863 g/mol. The predicted octanol–water partition coefficient (Wildman–Crippen LogP) is 5.65. The lowest BCUT2D eigenvalue weighted by molar-refractivity contribution is -0.164. The summed E-state index contributed by atoms with van der Waals surface area (Å²) in [6.45, 7) is 20.7. The van der Waals surface area contributed by atoms with Gasteiger partial charge in [-0.1, -0.05) is 27.7 Å². The molecule has 5 amide bonds. The van der Waals surface area contributed by atoms with Crippen LogP contribution < -0.4 is 25.0 Å². The van der Waals surface area contributed by atoms with E-state index >= 15 is 0 Å². The van der Waals surface area contributed by atoms with Crippen LogP contribution in [0.3, 0.4) is 0 Å². The number of fused-ring (bicyclic) bond motifs is 1. The van der Waals surface area contributed by atoms with Crippen LogP contribution in [0.15, 0.2) is 54.6 Å². The lowest BCUT2D eigenvalue weighted by Gasteiger charge is -2.63. The first-order valence-corrected chi connectivity index (χ1v) is 24.4. The van der Waals surface area contributed by atoms with Gasteiger partial charge in [0.25, 0.3) is 17.7 Å². The summed E-state index contributed by atoms with van der Waals surface area (Å²) in [6.07, 6.45) is 3.87. The van der Waals surface area contributed by atoms with Gasteiger partial charge in [0.2, 0.25) is 11.8 Å². The van der Waals surface area contributed by atoms with E-state index in [1.165, 1.54) is 0 Å². The van der Waals surface area contributed by atoms with Gasteiger partial charge in [-0.15, -0.1) is 0 Å². The van der Waals surface area contributed by atoms with Crippen molar-refractivity contribution in [1.82, 2.24) is 25.3 Å². The van der Waals surface area contributed by atoms with Crippen molar-refractivity contribution in [2.24, 2.45) is 16.7 Å². The van der Waals surface area contributed by atoms with Crippen molar-refractivity contribution < 1.29 is 38.2 Å². The highest BCUT2D eigenvalue weighted by Gasteiger charge is 2.64. The largest absolute Gasteiger partial charge is 0.490 e. The fourth-order valence-electron chi connectivity index (χ4n) is 12.0. The number of nitriles is 1. The Morgan fingerprint density at radius 2 is 1.51 bits per heavy atom. The monoisotopic (exact) mass is 927 g/mol. The first-order chi connectivity index (χ1) is 32.5. The van der Waals surface area contributed by atoms with Gasteiger partial charge in [0.1, 0.15) is 29.7 Å². The van der Waals surface area contributed by atoms with Crippen molar-refractivity contribution in [2.75, 3.05) is 63.9 Å². The van der Waals surface area contributed by atoms with E-state index in [1.807, 2.05) is 38.1 Å². The molecule has 2 aliphatic carbocycles. The number of piperidine rings is 2. The Labute approximate surface area is 399 Å². The number of imide groups is 2. The normalized spacial score (nSPS) is 25.8. The van der Waals surface area contributed by atoms with Crippen molar-refractivity contribution in [3.8, 4) is 17.6 Å². The van der Waals surface area contributed by atoms with Crippen molar-refractivity contribution >= 4 is 35.2 Å². The first kappa shape index (κ1) is 47.3. The number of hydrogen-bond acceptors (Lipinski definition) is 12. The average Bonchev–Trinajstić information content (AvgIpc) is 3.55. The third-order valence-corrected chi connectivity index (χ3v) is 15.7. The molecule has 0 aromatic heterocycles. The van der Waals surface area contributed by atoms with Crippen molar-refractivity contribution in [3.63, 3.8) is 0 Å². The van der Waals surface area contributed by atoms with Gasteiger partial charge < -0.3 is 24.4 Å². The van der Waals surface area contributed by atoms with Crippen LogP contribution in [0.4, 0.5) is 5.69 Å². The Morgan fingerprint density at radius 1 is 0.853 bits per heavy atom. The van der Waals surface area contributed by atoms with Gasteiger partial charge >= 0.3 is 0 Å². The van der Waals surface area contributed by atoms with Crippen LogP contribution in [0.2, 0.25) is 0 Å². The minimum Gasteiger partial charge on any atom is -0.490 e. The molecule has 3 saturated heterocycles. The highest BCUT2D eigenvalue weighted by Crippen LogP contribution is 2.55. The van der Waals surface area contributed by atoms with E-state index in [0.717, 1.165) is 112 Å². The van der Waals surface area contributed by atoms with E-state index in [9.17, 15) is 29.2 Å². The third kappa shape index (κ3) is 9.22. The maximum absolute atomic E-state index is 13.7. The van der Waals surface area contributed by atoms with Gasteiger partial charge in [0.15, 0.2) is 0 Å². The molecule has 15 heteroatoms. The van der Waals surface area contributed by atoms with E-state index in [-0.39, 0.29) is 59.0 Å². The Kier molecular flexibility index (Phi) is 13.2. The standard InChI is InChI=1S/C53H65N7O8/c1-32-25-39(26-33(2)43(32)30-54)68-51-52(3,4)50(53(51,5)6)56-46(62)35-7-9-36(10-8-35)58-17-15-34(16-18-58)31-59(20-19-57-21-23-66-24-22-57)37-27-40(28-37)67-38-11-12-41-42(29-38)49(65)60(48(41)64)44-13-14-45(61)55-47(44)63/h7-12,25-26,29,34,37,40,44,50-51H,13-24,27-28,31H2,1-6H3,(H,56,62)(H,55,61,63). The summed E-state index contributed by atoms with van der Waals surface area (Å²) in [5.41, 5.74) is 4.02. The summed E-state index contributed by atoms with van der Waals surface area (Å²) in [5.74, 6) is -0.384. The molecule has 9 rings (SSSR count). The van der Waals surface area contributed by atoms with Gasteiger partial charge in [0.05, 0.1) is 36.0 Å². The molecule has 0 bridgehead atoms. The number of morpholine rings is 1. The topological polar surface area (TPSA) is 174 Å². The molecule has 0 radical (unpaired) electrons. The summed E-state index contributed by atoms with van der Waals surface area (Å²) in [4.78, 5) is 73.1. The number of anilines is 1. The van der Waals surface area contributed by atoms with Crippen LogP contribution in [-0.2, 0) is 14.3 Å². The first-order valence-electron chi connectivity index (χ1n) is 24.4. The molecule has 0 spiro atoms. The molecular formula is C53H65N7O8. The lowest BCUT2D eigenvalue weighted by atomic mass is 9.49. The van der Waals surface area contributed by atoms with Gasteiger partial charge in [-0.25, -0.2) is 0 Å². The number of nitrogens with zero attached hydrogens (tertiary/aromatic N) is 5. The summed E-state index contributed by atoms with van der Waals surface area (Å²) in [6, 6.07) is 18.3. The molecule has 68 heavy (non-hydrogen) atoms. The Bertz CT molecular complexity index is 2460. The van der Waals surface area contributed by atoms with E-state index in [4.69, 9.17) is 14.2 Å². The van der Waals surface area contributed by atoms with Crippen LogP contribution in [-0.4, -0.2) is 134 Å². The number of rotatable bonds is 14. The second-order valence-corrected chi connectivity index (χ2v) is 21.0. The van der Waals surface area contributed by atoms with E-state index in [0.29, 0.717) is 28.8 Å². The Morgan fingerprint density at radius 3 is 2.16 bits per heavy atom. The lowest BCUT2D eigenvalue weighted by Crippen LogP contribution is -2.74. The molecule has 4 aliphatic heterocycles. The van der Waals surface area contributed by atoms with Crippen LogP contribution >= 0.6 is 0 Å². The quantitative estimate of drug-likeness (QED) is 0.191. The van der Waals surface area contributed by atoms with E-state index in [1.54, 1.807) is 18.2 Å². The molecule has 4 heterocycles. The summed E-state index contributed by atoms with van der Waals surface area (Å²) < 4.78 is 18.6. The second-order valence-electron chi connectivity index (χ2n) is 21.0. The number of amides is 5. The van der Waals surface area contributed by atoms with E-state index < -0.39 is 29.7 Å². The maximum atomic E-state index is 13.7. The molecule has 1 atom stereocenters. The van der Waals surface area contributed by atoms with E-state index in [2.05, 4.69) is 71.2 Å². The van der Waals surface area contributed by atoms with Crippen LogP contribution in [0, 0.1) is 41.9 Å². The molecule has 3 aromatic rings. The Balaban J connectivity index is 0.768. The van der Waals surface area contributed by atoms with Gasteiger partial charge in [-0.3, -0.25) is 44.0 Å². The van der Waals surface area contributed by atoms with Crippen LogP contribution in [0.5, 0.6) is 11.5 Å². The summed E-state index contributed by atoms with van der Waals surface area (Å²) >= 11 is 0. The highest BCUT2D eigenvalue weighted by molar-refractivity contribution is 6.23. The number of ether oxygens (including phenoxy) is 3.